The van der Waals surface area contributed by atoms with Crippen molar-refractivity contribution in [2.45, 2.75) is 13.3 Å². The molecule has 3 N–H and O–H groups in total. The molecule has 0 aliphatic carbocycles. The zero-order chi connectivity index (χ0) is 29.8. The van der Waals surface area contributed by atoms with E-state index in [-0.39, 0.29) is 19.1 Å². The third-order valence-corrected chi connectivity index (χ3v) is 6.26. The van der Waals surface area contributed by atoms with Crippen LogP contribution in [0.4, 0.5) is 5.69 Å². The van der Waals surface area contributed by atoms with Crippen LogP contribution in [-0.2, 0) is 20.8 Å². The lowest BCUT2D eigenvalue weighted by atomic mass is 10.1. The summed E-state index contributed by atoms with van der Waals surface area (Å²) in [6.07, 6.45) is 1.83. The molecular formula is C29H31BrN4O7. The monoisotopic (exact) mass is 626 g/mol. The summed E-state index contributed by atoms with van der Waals surface area (Å²) in [6.45, 7) is 1.95. The predicted molar refractivity (Wildman–Crippen MR) is 158 cm³/mol. The van der Waals surface area contributed by atoms with Gasteiger partial charge in [-0.1, -0.05) is 23.8 Å². The van der Waals surface area contributed by atoms with E-state index >= 15 is 0 Å². The van der Waals surface area contributed by atoms with E-state index in [2.05, 4.69) is 37.1 Å². The average molecular weight is 627 g/mol. The summed E-state index contributed by atoms with van der Waals surface area (Å²) in [5.74, 6) is -0.239. The quantitative estimate of drug-likeness (QED) is 0.159. The highest BCUT2D eigenvalue weighted by atomic mass is 79.9. The fourth-order valence-corrected chi connectivity index (χ4v) is 4.15. The number of nitrogens with zero attached hydrogens (tertiary/aromatic N) is 1. The number of halogens is 1. The lowest BCUT2D eigenvalue weighted by Gasteiger charge is -2.13. The first-order chi connectivity index (χ1) is 19.7. The van der Waals surface area contributed by atoms with Crippen LogP contribution in [0.1, 0.15) is 16.7 Å². The molecule has 12 heteroatoms. The topological polar surface area (TPSA) is 137 Å². The maximum Gasteiger partial charge on any atom is 0.329 e. The van der Waals surface area contributed by atoms with E-state index in [0.29, 0.717) is 45.1 Å². The van der Waals surface area contributed by atoms with Gasteiger partial charge in [0.1, 0.15) is 0 Å². The molecule has 0 heterocycles. The van der Waals surface area contributed by atoms with Crippen molar-refractivity contribution in [3.63, 3.8) is 0 Å². The number of carbonyl (C=O) groups excluding carboxylic acids is 3. The van der Waals surface area contributed by atoms with Gasteiger partial charge in [-0.25, -0.2) is 5.43 Å². The number of methoxy groups -OCH3 is 3. The minimum absolute atomic E-state index is 0.236. The Morgan fingerprint density at radius 2 is 1.59 bits per heavy atom. The highest BCUT2D eigenvalue weighted by Crippen LogP contribution is 2.36. The number of anilines is 1. The molecular weight excluding hydrogens is 596 g/mol. The lowest BCUT2D eigenvalue weighted by molar-refractivity contribution is -0.139. The molecule has 0 atom stereocenters. The number of ether oxygens (including phenoxy) is 4. The number of rotatable bonds is 12. The SMILES string of the molecule is COc1ccc(CCNC(=O)C(=O)N/N=C\c2cc(Br)c(OCC(=O)Nc3ccc(C)cc3)c(OC)c2)cc1OC. The molecule has 0 spiro atoms. The van der Waals surface area contributed by atoms with Crippen LogP contribution in [0.5, 0.6) is 23.0 Å². The fraction of sp³-hybridized carbons (Fsp3) is 0.241. The molecule has 0 aliphatic heterocycles. The van der Waals surface area contributed by atoms with Gasteiger partial charge in [0, 0.05) is 12.2 Å². The molecule has 0 radical (unpaired) electrons. The summed E-state index contributed by atoms with van der Waals surface area (Å²) in [5.41, 5.74) is 5.38. The number of amides is 3. The van der Waals surface area contributed by atoms with Crippen molar-refractivity contribution in [1.29, 1.82) is 0 Å². The summed E-state index contributed by atoms with van der Waals surface area (Å²) >= 11 is 3.41. The molecule has 216 valence electrons. The molecule has 0 saturated heterocycles. The standard InChI is InChI=1S/C29H31BrN4O7/c1-18-5-8-21(9-6-18)33-26(35)17-41-27-22(30)13-20(15-25(27)40-4)16-32-34-29(37)28(36)31-12-11-19-7-10-23(38-2)24(14-19)39-3/h5-10,13-16H,11-12,17H2,1-4H3,(H,31,36)(H,33,35)(H,34,37)/b32-16-. The molecule has 0 aliphatic rings. The molecule has 0 aromatic heterocycles. The Balaban J connectivity index is 1.49. The third-order valence-electron chi connectivity index (χ3n) is 5.67. The van der Waals surface area contributed by atoms with Crippen molar-refractivity contribution in [3.8, 4) is 23.0 Å². The Morgan fingerprint density at radius 1 is 0.878 bits per heavy atom. The number of hydrazone groups is 1. The largest absolute Gasteiger partial charge is 0.493 e. The minimum atomic E-state index is -0.917. The number of nitrogens with one attached hydrogen (secondary N) is 3. The van der Waals surface area contributed by atoms with Crippen LogP contribution in [-0.4, -0.2) is 58.4 Å². The number of benzene rings is 3. The highest BCUT2D eigenvalue weighted by molar-refractivity contribution is 9.10. The second-order valence-corrected chi connectivity index (χ2v) is 9.49. The molecule has 0 bridgehead atoms. The van der Waals surface area contributed by atoms with Crippen molar-refractivity contribution in [2.75, 3.05) is 39.8 Å². The van der Waals surface area contributed by atoms with Gasteiger partial charge < -0.3 is 29.6 Å². The van der Waals surface area contributed by atoms with E-state index in [0.717, 1.165) is 11.1 Å². The van der Waals surface area contributed by atoms with Gasteiger partial charge in [0.15, 0.2) is 29.6 Å². The molecule has 3 amide bonds. The first-order valence-electron chi connectivity index (χ1n) is 12.4. The summed E-state index contributed by atoms with van der Waals surface area (Å²) in [4.78, 5) is 36.6. The Labute approximate surface area is 246 Å². The first-order valence-corrected chi connectivity index (χ1v) is 13.2. The van der Waals surface area contributed by atoms with Crippen molar-refractivity contribution < 1.29 is 33.3 Å². The Morgan fingerprint density at radius 3 is 2.27 bits per heavy atom. The maximum absolute atomic E-state index is 12.3. The van der Waals surface area contributed by atoms with Crippen molar-refractivity contribution >= 4 is 45.6 Å². The van der Waals surface area contributed by atoms with Gasteiger partial charge in [-0.05, 0) is 76.8 Å². The second kappa shape index (κ2) is 15.3. The van der Waals surface area contributed by atoms with Gasteiger partial charge in [-0.15, -0.1) is 0 Å². The summed E-state index contributed by atoms with van der Waals surface area (Å²) < 4.78 is 22.0. The average Bonchev–Trinajstić information content (AvgIpc) is 2.97. The Bertz CT molecular complexity index is 1410. The molecule has 0 unspecified atom stereocenters. The van der Waals surface area contributed by atoms with Crippen LogP contribution in [0.25, 0.3) is 0 Å². The van der Waals surface area contributed by atoms with Crippen LogP contribution in [0.3, 0.4) is 0 Å². The molecule has 3 rings (SSSR count). The number of hydrogen-bond acceptors (Lipinski definition) is 8. The number of aryl methyl sites for hydroxylation is 1. The van der Waals surface area contributed by atoms with Gasteiger partial charge in [0.2, 0.25) is 0 Å². The summed E-state index contributed by atoms with van der Waals surface area (Å²) in [5, 5.41) is 9.16. The van der Waals surface area contributed by atoms with Gasteiger partial charge in [0.25, 0.3) is 5.91 Å². The van der Waals surface area contributed by atoms with Gasteiger partial charge >= 0.3 is 11.8 Å². The zero-order valence-corrected chi connectivity index (χ0v) is 24.7. The Kier molecular flexibility index (Phi) is 11.5. The molecule has 0 fully saturated rings. The van der Waals surface area contributed by atoms with Gasteiger partial charge in [-0.2, -0.15) is 5.10 Å². The van der Waals surface area contributed by atoms with E-state index in [4.69, 9.17) is 18.9 Å². The first kappa shape index (κ1) is 31.0. The third kappa shape index (κ3) is 9.24. The van der Waals surface area contributed by atoms with Crippen molar-refractivity contribution in [2.24, 2.45) is 5.10 Å². The van der Waals surface area contributed by atoms with Crippen molar-refractivity contribution in [1.82, 2.24) is 10.7 Å². The van der Waals surface area contributed by atoms with Crippen LogP contribution < -0.4 is 35.0 Å². The maximum atomic E-state index is 12.3. The minimum Gasteiger partial charge on any atom is -0.493 e. The molecule has 3 aromatic rings. The smallest absolute Gasteiger partial charge is 0.329 e. The van der Waals surface area contributed by atoms with Crippen molar-refractivity contribution in [3.05, 3.63) is 75.8 Å². The van der Waals surface area contributed by atoms with Gasteiger partial charge in [-0.3, -0.25) is 14.4 Å². The zero-order valence-electron chi connectivity index (χ0n) is 23.1. The van der Waals surface area contributed by atoms with E-state index in [1.54, 1.807) is 50.6 Å². The van der Waals surface area contributed by atoms with Crippen LogP contribution in [0.15, 0.2) is 64.2 Å². The molecule has 11 nitrogen and oxygen atoms in total. The summed E-state index contributed by atoms with van der Waals surface area (Å²) in [7, 11) is 4.55. The van der Waals surface area contributed by atoms with Crippen LogP contribution in [0.2, 0.25) is 0 Å². The molecule has 41 heavy (non-hydrogen) atoms. The summed E-state index contributed by atoms with van der Waals surface area (Å²) in [6, 6.07) is 16.1. The second-order valence-electron chi connectivity index (χ2n) is 8.63. The van der Waals surface area contributed by atoms with E-state index in [1.165, 1.54) is 13.3 Å². The van der Waals surface area contributed by atoms with Crippen LogP contribution in [0, 0.1) is 6.92 Å². The fourth-order valence-electron chi connectivity index (χ4n) is 3.58. The predicted octanol–water partition coefficient (Wildman–Crippen LogP) is 3.61. The number of hydrogen-bond donors (Lipinski definition) is 3. The normalized spacial score (nSPS) is 10.6. The molecule has 0 saturated carbocycles. The van der Waals surface area contributed by atoms with E-state index in [9.17, 15) is 14.4 Å². The molecule has 3 aromatic carbocycles. The van der Waals surface area contributed by atoms with E-state index in [1.807, 2.05) is 25.1 Å². The lowest BCUT2D eigenvalue weighted by Crippen LogP contribution is -2.38. The highest BCUT2D eigenvalue weighted by Gasteiger charge is 2.15. The van der Waals surface area contributed by atoms with Crippen LogP contribution >= 0.6 is 15.9 Å². The van der Waals surface area contributed by atoms with E-state index < -0.39 is 11.8 Å². The van der Waals surface area contributed by atoms with Gasteiger partial charge in [0.05, 0.1) is 32.0 Å². The number of carbonyl (C=O) groups is 3. The Hall–Kier alpha value is -4.58.